The molecule has 0 saturated carbocycles. The van der Waals surface area contributed by atoms with Gasteiger partial charge < -0.3 is 10.1 Å². The molecule has 0 fully saturated rings. The third-order valence-corrected chi connectivity index (χ3v) is 3.78. The Morgan fingerprint density at radius 1 is 1.11 bits per heavy atom. The molecule has 2 N–H and O–H groups in total. The lowest BCUT2D eigenvalue weighted by molar-refractivity contribution is -0.126. The standard InChI is InChI=1S/C21H23N3O3/c1-4-11-27-19-8-6-5-7-17(19)14-22-24-21(26)13-20(25)23-18-10-9-15(2)16(3)12-18/h4-10,12,14H,1,11,13H2,2-3H3,(H,23,25)(H,24,26). The summed E-state index contributed by atoms with van der Waals surface area (Å²) in [5, 5.41) is 6.59. The number of benzene rings is 2. The average molecular weight is 365 g/mol. The highest BCUT2D eigenvalue weighted by molar-refractivity contribution is 6.03. The van der Waals surface area contributed by atoms with Gasteiger partial charge in [0.2, 0.25) is 11.8 Å². The predicted molar refractivity (Wildman–Crippen MR) is 107 cm³/mol. The third kappa shape index (κ3) is 6.43. The number of carbonyl (C=O) groups excluding carboxylic acids is 2. The van der Waals surface area contributed by atoms with Crippen LogP contribution in [-0.4, -0.2) is 24.6 Å². The molecule has 6 heteroatoms. The van der Waals surface area contributed by atoms with Crippen LogP contribution in [0.3, 0.4) is 0 Å². The van der Waals surface area contributed by atoms with Crippen molar-refractivity contribution in [1.29, 1.82) is 0 Å². The first-order chi connectivity index (χ1) is 13.0. The fourth-order valence-electron chi connectivity index (χ4n) is 2.25. The smallest absolute Gasteiger partial charge is 0.249 e. The van der Waals surface area contributed by atoms with E-state index in [-0.39, 0.29) is 6.42 Å². The summed E-state index contributed by atoms with van der Waals surface area (Å²) >= 11 is 0. The van der Waals surface area contributed by atoms with Crippen LogP contribution in [0.1, 0.15) is 23.1 Å². The third-order valence-electron chi connectivity index (χ3n) is 3.78. The first kappa shape index (κ1) is 19.9. The van der Waals surface area contributed by atoms with Crippen molar-refractivity contribution in [3.05, 3.63) is 71.8 Å². The monoisotopic (exact) mass is 365 g/mol. The van der Waals surface area contributed by atoms with E-state index in [1.165, 1.54) is 6.21 Å². The van der Waals surface area contributed by atoms with E-state index in [1.807, 2.05) is 38.1 Å². The Hall–Kier alpha value is -3.41. The Balaban J connectivity index is 1.86. The van der Waals surface area contributed by atoms with Gasteiger partial charge >= 0.3 is 0 Å². The molecule has 27 heavy (non-hydrogen) atoms. The van der Waals surface area contributed by atoms with Crippen molar-refractivity contribution < 1.29 is 14.3 Å². The van der Waals surface area contributed by atoms with E-state index >= 15 is 0 Å². The van der Waals surface area contributed by atoms with Crippen molar-refractivity contribution >= 4 is 23.7 Å². The van der Waals surface area contributed by atoms with Crippen molar-refractivity contribution in [2.45, 2.75) is 20.3 Å². The molecule has 0 aromatic heterocycles. The van der Waals surface area contributed by atoms with Gasteiger partial charge in [-0.3, -0.25) is 9.59 Å². The topological polar surface area (TPSA) is 79.8 Å². The van der Waals surface area contributed by atoms with Crippen LogP contribution in [0.15, 0.2) is 60.2 Å². The highest BCUT2D eigenvalue weighted by Crippen LogP contribution is 2.16. The molecule has 0 radical (unpaired) electrons. The first-order valence-corrected chi connectivity index (χ1v) is 8.51. The van der Waals surface area contributed by atoms with Crippen LogP contribution < -0.4 is 15.5 Å². The van der Waals surface area contributed by atoms with Gasteiger partial charge in [0.15, 0.2) is 0 Å². The normalized spacial score (nSPS) is 10.4. The quantitative estimate of drug-likeness (QED) is 0.326. The largest absolute Gasteiger partial charge is 0.489 e. The molecule has 0 bridgehead atoms. The van der Waals surface area contributed by atoms with Crippen molar-refractivity contribution in [2.24, 2.45) is 5.10 Å². The second-order valence-corrected chi connectivity index (χ2v) is 5.95. The number of ether oxygens (including phenoxy) is 1. The molecule has 0 heterocycles. The van der Waals surface area contributed by atoms with Gasteiger partial charge in [0.1, 0.15) is 18.8 Å². The van der Waals surface area contributed by atoms with Crippen molar-refractivity contribution in [1.82, 2.24) is 5.43 Å². The zero-order valence-electron chi connectivity index (χ0n) is 15.5. The minimum absolute atomic E-state index is 0.321. The molecule has 0 unspecified atom stereocenters. The molecule has 0 spiro atoms. The summed E-state index contributed by atoms with van der Waals surface area (Å²) < 4.78 is 5.51. The Morgan fingerprint density at radius 2 is 1.89 bits per heavy atom. The van der Waals surface area contributed by atoms with Gasteiger partial charge in [-0.25, -0.2) is 5.43 Å². The summed E-state index contributed by atoms with van der Waals surface area (Å²) in [5.74, 6) is -0.277. The number of nitrogens with zero attached hydrogens (tertiary/aromatic N) is 1. The maximum absolute atomic E-state index is 12.0. The highest BCUT2D eigenvalue weighted by Gasteiger charge is 2.09. The summed E-state index contributed by atoms with van der Waals surface area (Å²) in [6, 6.07) is 12.9. The zero-order valence-corrected chi connectivity index (χ0v) is 15.5. The van der Waals surface area contributed by atoms with Gasteiger partial charge in [-0.1, -0.05) is 30.9 Å². The van der Waals surface area contributed by atoms with Crippen LogP contribution in [0.25, 0.3) is 0 Å². The number of carbonyl (C=O) groups is 2. The molecule has 0 atom stereocenters. The highest BCUT2D eigenvalue weighted by atomic mass is 16.5. The number of hydrazone groups is 1. The summed E-state index contributed by atoms with van der Waals surface area (Å²) in [6.45, 7) is 7.93. The van der Waals surface area contributed by atoms with E-state index in [2.05, 4.69) is 22.4 Å². The van der Waals surface area contributed by atoms with Crippen LogP contribution in [0.5, 0.6) is 5.75 Å². The SMILES string of the molecule is C=CCOc1ccccc1C=NNC(=O)CC(=O)Nc1ccc(C)c(C)c1. The van der Waals surface area contributed by atoms with E-state index in [1.54, 1.807) is 24.3 Å². The molecule has 140 valence electrons. The van der Waals surface area contributed by atoms with Crippen LogP contribution in [-0.2, 0) is 9.59 Å². The van der Waals surface area contributed by atoms with E-state index in [4.69, 9.17) is 4.74 Å². The molecular formula is C21H23N3O3. The van der Waals surface area contributed by atoms with Gasteiger partial charge in [0, 0.05) is 11.3 Å². The predicted octanol–water partition coefficient (Wildman–Crippen LogP) is 3.35. The number of aryl methyl sites for hydroxylation is 2. The average Bonchev–Trinajstić information content (AvgIpc) is 2.64. The maximum atomic E-state index is 12.0. The molecule has 0 aliphatic rings. The summed E-state index contributed by atoms with van der Waals surface area (Å²) in [7, 11) is 0. The molecule has 0 aliphatic heterocycles. The van der Waals surface area contributed by atoms with Crippen molar-refractivity contribution in [3.63, 3.8) is 0 Å². The second kappa shape index (κ2) is 9.91. The van der Waals surface area contributed by atoms with E-state index in [0.717, 1.165) is 11.1 Å². The lowest BCUT2D eigenvalue weighted by Gasteiger charge is -2.07. The number of rotatable bonds is 8. The van der Waals surface area contributed by atoms with Crippen LogP contribution in [0, 0.1) is 13.8 Å². The number of nitrogens with one attached hydrogen (secondary N) is 2. The fourth-order valence-corrected chi connectivity index (χ4v) is 2.25. The molecule has 2 amide bonds. The molecule has 2 aromatic rings. The lowest BCUT2D eigenvalue weighted by Crippen LogP contribution is -2.24. The zero-order chi connectivity index (χ0) is 19.6. The minimum Gasteiger partial charge on any atom is -0.489 e. The summed E-state index contributed by atoms with van der Waals surface area (Å²) in [5.41, 5.74) is 5.92. The van der Waals surface area contributed by atoms with Gasteiger partial charge in [-0.05, 0) is 49.2 Å². The Kier molecular flexibility index (Phi) is 7.31. The molecule has 2 aromatic carbocycles. The summed E-state index contributed by atoms with van der Waals surface area (Å²) in [6.07, 6.45) is 2.79. The second-order valence-electron chi connectivity index (χ2n) is 5.95. The number of amides is 2. The van der Waals surface area contributed by atoms with Crippen LogP contribution >= 0.6 is 0 Å². The molecular weight excluding hydrogens is 342 g/mol. The minimum atomic E-state index is -0.503. The molecule has 6 nitrogen and oxygen atoms in total. The number of hydrogen-bond acceptors (Lipinski definition) is 4. The van der Waals surface area contributed by atoms with Crippen molar-refractivity contribution in [3.8, 4) is 5.75 Å². The maximum Gasteiger partial charge on any atom is 0.249 e. The first-order valence-electron chi connectivity index (χ1n) is 8.51. The number of para-hydroxylation sites is 1. The van der Waals surface area contributed by atoms with Crippen LogP contribution in [0.2, 0.25) is 0 Å². The van der Waals surface area contributed by atoms with Gasteiger partial charge in [0.25, 0.3) is 0 Å². The van der Waals surface area contributed by atoms with Crippen molar-refractivity contribution in [2.75, 3.05) is 11.9 Å². The molecule has 2 rings (SSSR count). The van der Waals surface area contributed by atoms with E-state index in [9.17, 15) is 9.59 Å². The summed E-state index contributed by atoms with van der Waals surface area (Å²) in [4.78, 5) is 23.9. The van der Waals surface area contributed by atoms with Gasteiger partial charge in [0.05, 0.1) is 6.21 Å². The Morgan fingerprint density at radius 3 is 2.63 bits per heavy atom. The lowest BCUT2D eigenvalue weighted by atomic mass is 10.1. The van der Waals surface area contributed by atoms with Gasteiger partial charge in [-0.2, -0.15) is 5.10 Å². The fraction of sp³-hybridized carbons (Fsp3) is 0.190. The van der Waals surface area contributed by atoms with Gasteiger partial charge in [-0.15, -0.1) is 0 Å². The number of hydrogen-bond donors (Lipinski definition) is 2. The van der Waals surface area contributed by atoms with E-state index < -0.39 is 11.8 Å². The van der Waals surface area contributed by atoms with E-state index in [0.29, 0.717) is 23.6 Å². The molecule has 0 saturated heterocycles. The molecule has 0 aliphatic carbocycles. The Bertz CT molecular complexity index is 860. The Labute approximate surface area is 158 Å². The van der Waals surface area contributed by atoms with Crippen LogP contribution in [0.4, 0.5) is 5.69 Å². The number of anilines is 1.